The van der Waals surface area contributed by atoms with Crippen LogP contribution in [0.4, 0.5) is 0 Å². The molecule has 2 heterocycles. The number of hydrogen-bond donors (Lipinski definition) is 1. The molecule has 1 saturated heterocycles. The fourth-order valence-electron chi connectivity index (χ4n) is 4.38. The molecular weight excluding hydrogens is 348 g/mol. The van der Waals surface area contributed by atoms with E-state index in [0.29, 0.717) is 19.1 Å². The molecule has 1 saturated carbocycles. The zero-order chi connectivity index (χ0) is 18.3. The number of aromatic nitrogens is 1. The number of alkyl halides is 1. The van der Waals surface area contributed by atoms with Crippen LogP contribution in [0.3, 0.4) is 0 Å². The van der Waals surface area contributed by atoms with E-state index in [1.54, 1.807) is 0 Å². The lowest BCUT2D eigenvalue weighted by atomic mass is 9.77. The fraction of sp³-hybridized carbons (Fsp3) is 0.571. The molecule has 0 radical (unpaired) electrons. The molecule has 2 aromatic rings. The van der Waals surface area contributed by atoms with Crippen LogP contribution in [0.5, 0.6) is 0 Å². The van der Waals surface area contributed by atoms with E-state index < -0.39 is 0 Å². The molecule has 2 unspecified atom stereocenters. The van der Waals surface area contributed by atoms with E-state index in [0.717, 1.165) is 16.5 Å². The lowest BCUT2D eigenvalue weighted by molar-refractivity contribution is -0.0523. The molecule has 1 aliphatic heterocycles. The van der Waals surface area contributed by atoms with Gasteiger partial charge in [0.1, 0.15) is 0 Å². The molecule has 4 rings (SSSR count). The van der Waals surface area contributed by atoms with E-state index in [9.17, 15) is 4.79 Å². The summed E-state index contributed by atoms with van der Waals surface area (Å²) in [5.74, 6) is 0.700. The Morgan fingerprint density at radius 2 is 2.04 bits per heavy atom. The second kappa shape index (κ2) is 6.90. The van der Waals surface area contributed by atoms with Gasteiger partial charge in [0.25, 0.3) is 5.91 Å². The van der Waals surface area contributed by atoms with Crippen molar-refractivity contribution < 1.29 is 9.53 Å². The maximum Gasteiger partial charge on any atom is 0.253 e. The van der Waals surface area contributed by atoms with Gasteiger partial charge in [-0.2, -0.15) is 0 Å². The number of ether oxygens (including phenoxy) is 1. The lowest BCUT2D eigenvalue weighted by Crippen LogP contribution is -2.38. The lowest BCUT2D eigenvalue weighted by Gasteiger charge is -2.33. The monoisotopic (exact) mass is 374 g/mol. The van der Waals surface area contributed by atoms with Crippen LogP contribution in [-0.2, 0) is 4.74 Å². The largest absolute Gasteiger partial charge is 0.358 e. The SMILES string of the molecule is CC(C)(CNC(=O)c1cn(C2COC2Cl)c2ccccc12)C1CCCC1. The summed E-state index contributed by atoms with van der Waals surface area (Å²) in [6.07, 6.45) is 7.13. The standard InChI is InChI=1S/C21H27ClN2O2/c1-21(2,14-7-3-4-8-14)13-23-20(25)16-11-24(18-12-26-19(18)22)17-10-6-5-9-15(16)17/h5-6,9-11,14,18-19H,3-4,7-8,12-13H2,1-2H3,(H,23,25). The van der Waals surface area contributed by atoms with Gasteiger partial charge < -0.3 is 14.6 Å². The van der Waals surface area contributed by atoms with Gasteiger partial charge in [-0.25, -0.2) is 0 Å². The quantitative estimate of drug-likeness (QED) is 0.769. The molecule has 140 valence electrons. The summed E-state index contributed by atoms with van der Waals surface area (Å²) in [5.41, 5.74) is 1.56. The average Bonchev–Trinajstić information content (AvgIpc) is 3.28. The van der Waals surface area contributed by atoms with Gasteiger partial charge in [0.2, 0.25) is 0 Å². The van der Waals surface area contributed by atoms with Crippen molar-refractivity contribution in [1.82, 2.24) is 9.88 Å². The first-order chi connectivity index (χ1) is 12.5. The highest BCUT2D eigenvalue weighted by Crippen LogP contribution is 2.39. The molecule has 2 aliphatic rings. The van der Waals surface area contributed by atoms with Gasteiger partial charge in [-0.15, -0.1) is 0 Å². The summed E-state index contributed by atoms with van der Waals surface area (Å²) < 4.78 is 7.40. The predicted octanol–water partition coefficient (Wildman–Crippen LogP) is 4.72. The second-order valence-corrected chi connectivity index (χ2v) is 8.80. The molecule has 2 fully saturated rings. The van der Waals surface area contributed by atoms with Crippen LogP contribution in [0.1, 0.15) is 55.9 Å². The van der Waals surface area contributed by atoms with Gasteiger partial charge in [-0.1, -0.05) is 56.5 Å². The van der Waals surface area contributed by atoms with Crippen LogP contribution < -0.4 is 5.32 Å². The average molecular weight is 375 g/mol. The van der Waals surface area contributed by atoms with Gasteiger partial charge in [0, 0.05) is 23.6 Å². The number of rotatable bonds is 5. The number of carbonyl (C=O) groups excluding carboxylic acids is 1. The van der Waals surface area contributed by atoms with Gasteiger partial charge in [0.05, 0.1) is 18.2 Å². The van der Waals surface area contributed by atoms with Crippen molar-refractivity contribution in [2.45, 2.75) is 51.1 Å². The molecule has 1 aromatic heterocycles. The first kappa shape index (κ1) is 17.9. The molecule has 0 spiro atoms. The van der Waals surface area contributed by atoms with Gasteiger partial charge in [0.15, 0.2) is 5.56 Å². The molecule has 4 nitrogen and oxygen atoms in total. The van der Waals surface area contributed by atoms with Gasteiger partial charge >= 0.3 is 0 Å². The van der Waals surface area contributed by atoms with E-state index in [1.807, 2.05) is 30.5 Å². The molecule has 26 heavy (non-hydrogen) atoms. The van der Waals surface area contributed by atoms with Gasteiger partial charge in [-0.3, -0.25) is 4.79 Å². The van der Waals surface area contributed by atoms with E-state index in [4.69, 9.17) is 16.3 Å². The molecular formula is C21H27ClN2O2. The summed E-state index contributed by atoms with van der Waals surface area (Å²) in [7, 11) is 0. The number of amides is 1. The van der Waals surface area contributed by atoms with Crippen LogP contribution in [0.15, 0.2) is 30.5 Å². The molecule has 1 N–H and O–H groups in total. The molecule has 1 aromatic carbocycles. The summed E-state index contributed by atoms with van der Waals surface area (Å²) in [6, 6.07) is 8.09. The summed E-state index contributed by atoms with van der Waals surface area (Å²) in [4.78, 5) is 13.0. The van der Waals surface area contributed by atoms with Crippen LogP contribution in [0, 0.1) is 11.3 Å². The third kappa shape index (κ3) is 3.14. The fourth-order valence-corrected chi connectivity index (χ4v) is 4.64. The van der Waals surface area contributed by atoms with Crippen molar-refractivity contribution in [2.24, 2.45) is 11.3 Å². The third-order valence-corrected chi connectivity index (χ3v) is 6.65. The number of fused-ring (bicyclic) bond motifs is 1. The Labute approximate surface area is 159 Å². The summed E-state index contributed by atoms with van der Waals surface area (Å²) in [5, 5.41) is 4.16. The molecule has 1 amide bonds. The molecule has 2 atom stereocenters. The highest BCUT2D eigenvalue weighted by molar-refractivity contribution is 6.20. The van der Waals surface area contributed by atoms with E-state index >= 15 is 0 Å². The van der Waals surface area contributed by atoms with Crippen molar-refractivity contribution in [2.75, 3.05) is 13.2 Å². The van der Waals surface area contributed by atoms with Crippen LogP contribution >= 0.6 is 11.6 Å². The summed E-state index contributed by atoms with van der Waals surface area (Å²) >= 11 is 6.19. The maximum absolute atomic E-state index is 13.0. The topological polar surface area (TPSA) is 43.3 Å². The number of benzene rings is 1. The zero-order valence-electron chi connectivity index (χ0n) is 15.5. The normalized spacial score (nSPS) is 24.0. The van der Waals surface area contributed by atoms with Crippen molar-refractivity contribution in [3.63, 3.8) is 0 Å². The van der Waals surface area contributed by atoms with Crippen LogP contribution in [-0.4, -0.2) is 29.2 Å². The number of nitrogens with zero attached hydrogens (tertiary/aromatic N) is 1. The first-order valence-corrected chi connectivity index (χ1v) is 10.0. The Morgan fingerprint density at radius 3 is 2.69 bits per heavy atom. The van der Waals surface area contributed by atoms with Crippen molar-refractivity contribution in [3.8, 4) is 0 Å². The highest BCUT2D eigenvalue weighted by atomic mass is 35.5. The molecule has 0 bridgehead atoms. The number of hydrogen-bond acceptors (Lipinski definition) is 2. The Hall–Kier alpha value is -1.52. The van der Waals surface area contributed by atoms with E-state index in [-0.39, 0.29) is 22.9 Å². The van der Waals surface area contributed by atoms with Crippen molar-refractivity contribution >= 4 is 28.4 Å². The Morgan fingerprint density at radius 1 is 1.31 bits per heavy atom. The van der Waals surface area contributed by atoms with Crippen molar-refractivity contribution in [1.29, 1.82) is 0 Å². The zero-order valence-corrected chi connectivity index (χ0v) is 16.3. The first-order valence-electron chi connectivity index (χ1n) is 9.61. The summed E-state index contributed by atoms with van der Waals surface area (Å²) in [6.45, 7) is 5.84. The smallest absolute Gasteiger partial charge is 0.253 e. The van der Waals surface area contributed by atoms with E-state index in [2.05, 4.69) is 23.7 Å². The number of nitrogens with one attached hydrogen (secondary N) is 1. The molecule has 1 aliphatic carbocycles. The minimum atomic E-state index is -0.331. The predicted molar refractivity (Wildman–Crippen MR) is 105 cm³/mol. The Kier molecular flexibility index (Phi) is 4.74. The van der Waals surface area contributed by atoms with E-state index in [1.165, 1.54) is 25.7 Å². The molecule has 5 heteroatoms. The number of halogens is 1. The minimum Gasteiger partial charge on any atom is -0.358 e. The Bertz CT molecular complexity index is 807. The van der Waals surface area contributed by atoms with Crippen molar-refractivity contribution in [3.05, 3.63) is 36.0 Å². The third-order valence-electron chi connectivity index (χ3n) is 6.24. The highest BCUT2D eigenvalue weighted by Gasteiger charge is 2.34. The van der Waals surface area contributed by atoms with Crippen LogP contribution in [0.2, 0.25) is 0 Å². The maximum atomic E-state index is 13.0. The number of carbonyl (C=O) groups is 1. The second-order valence-electron chi connectivity index (χ2n) is 8.37. The Balaban J connectivity index is 1.55. The minimum absolute atomic E-state index is 0.00242. The van der Waals surface area contributed by atoms with Crippen LogP contribution in [0.25, 0.3) is 10.9 Å². The van der Waals surface area contributed by atoms with Gasteiger partial charge in [-0.05, 0) is 30.2 Å². The number of para-hydroxylation sites is 1.